The molecule has 0 radical (unpaired) electrons. The van der Waals surface area contributed by atoms with Crippen LogP contribution in [0.5, 0.6) is 5.75 Å². The molecule has 8 nitrogen and oxygen atoms in total. The molecule has 0 saturated heterocycles. The molecule has 0 unspecified atom stereocenters. The molecule has 3 aromatic rings. The molecule has 1 aromatic heterocycles. The topological polar surface area (TPSA) is 106 Å². The number of halogens is 3. The Morgan fingerprint density at radius 2 is 1.85 bits per heavy atom. The van der Waals surface area contributed by atoms with Gasteiger partial charge in [0.1, 0.15) is 11.6 Å². The van der Waals surface area contributed by atoms with Crippen LogP contribution in [0.3, 0.4) is 0 Å². The predicted octanol–water partition coefficient (Wildman–Crippen LogP) is 4.37. The number of hydrogen-bond donors (Lipinski definition) is 3. The number of carbonyl (C=O) groups is 1. The third kappa shape index (κ3) is 7.07. The summed E-state index contributed by atoms with van der Waals surface area (Å²) in [6, 6.07) is 13.5. The zero-order valence-corrected chi connectivity index (χ0v) is 17.5. The summed E-state index contributed by atoms with van der Waals surface area (Å²) in [5.74, 6) is -0.264. The number of aromatic nitrogens is 2. The van der Waals surface area contributed by atoms with Crippen LogP contribution in [0.4, 0.5) is 30.6 Å². The molecule has 3 N–H and O–H groups in total. The summed E-state index contributed by atoms with van der Waals surface area (Å²) in [7, 11) is 1.29. The van der Waals surface area contributed by atoms with Crippen molar-refractivity contribution in [2.45, 2.75) is 12.8 Å². The normalized spacial score (nSPS) is 11.1. The maximum atomic E-state index is 12.6. The lowest BCUT2D eigenvalue weighted by Gasteiger charge is -2.13. The van der Waals surface area contributed by atoms with Crippen LogP contribution in [0.2, 0.25) is 0 Å². The van der Waals surface area contributed by atoms with Crippen LogP contribution in [0, 0.1) is 0 Å². The lowest BCUT2D eigenvalue weighted by molar-refractivity contribution is -0.274. The molecule has 0 bridgehead atoms. The van der Waals surface area contributed by atoms with Crippen molar-refractivity contribution in [3.63, 3.8) is 0 Å². The molecule has 2 aromatic carbocycles. The number of aliphatic hydroxyl groups excluding tert-OH is 1. The Labute approximate surface area is 187 Å². The minimum atomic E-state index is -4.82. The fourth-order valence-electron chi connectivity index (χ4n) is 2.83. The minimum absolute atomic E-state index is 0.0266. The summed E-state index contributed by atoms with van der Waals surface area (Å²) in [6.07, 6.45) is -4.36. The van der Waals surface area contributed by atoms with E-state index in [1.54, 1.807) is 36.4 Å². The fourth-order valence-corrected chi connectivity index (χ4v) is 2.83. The molecule has 11 heteroatoms. The Balaban J connectivity index is 1.91. The molecule has 0 amide bonds. The van der Waals surface area contributed by atoms with E-state index in [-0.39, 0.29) is 18.3 Å². The summed E-state index contributed by atoms with van der Waals surface area (Å²) in [5, 5.41) is 15.0. The molecule has 3 rings (SSSR count). The van der Waals surface area contributed by atoms with E-state index in [9.17, 15) is 18.0 Å². The van der Waals surface area contributed by atoms with Gasteiger partial charge in [0.2, 0.25) is 5.95 Å². The van der Waals surface area contributed by atoms with Crippen molar-refractivity contribution in [3.8, 4) is 17.0 Å². The molecule has 1 heterocycles. The van der Waals surface area contributed by atoms with E-state index in [1.165, 1.54) is 25.3 Å². The standard InChI is InChI=1S/C22H21F3N4O4/c1-32-20(31)14-6-8-16(9-7-14)27-19-13-18(28-21(29-19)26-10-3-11-30)15-4-2-5-17(12-15)33-22(23,24)25/h2,4-9,12-13,30H,3,10-11H2,1H3,(H2,26,27,28,29). The second-order valence-electron chi connectivity index (χ2n) is 6.74. The summed E-state index contributed by atoms with van der Waals surface area (Å²) in [6.45, 7) is 0.367. The summed E-state index contributed by atoms with van der Waals surface area (Å²) >= 11 is 0. The number of ether oxygens (including phenoxy) is 2. The van der Waals surface area contributed by atoms with Gasteiger partial charge in [0.05, 0.1) is 18.4 Å². The molecular formula is C22H21F3N4O4. The van der Waals surface area contributed by atoms with E-state index in [0.29, 0.717) is 41.3 Å². The van der Waals surface area contributed by atoms with Gasteiger partial charge in [-0.3, -0.25) is 0 Å². The predicted molar refractivity (Wildman–Crippen MR) is 115 cm³/mol. The largest absolute Gasteiger partial charge is 0.573 e. The number of rotatable bonds is 9. The first-order valence-corrected chi connectivity index (χ1v) is 9.83. The third-order valence-corrected chi connectivity index (χ3v) is 4.29. The van der Waals surface area contributed by atoms with E-state index in [1.807, 2.05) is 0 Å². The van der Waals surface area contributed by atoms with Gasteiger partial charge in [-0.25, -0.2) is 9.78 Å². The number of hydrogen-bond acceptors (Lipinski definition) is 8. The van der Waals surface area contributed by atoms with Crippen molar-refractivity contribution in [3.05, 3.63) is 60.2 Å². The number of nitrogens with one attached hydrogen (secondary N) is 2. The van der Waals surface area contributed by atoms with Crippen LogP contribution in [0.1, 0.15) is 16.8 Å². The van der Waals surface area contributed by atoms with Gasteiger partial charge in [-0.1, -0.05) is 12.1 Å². The van der Waals surface area contributed by atoms with Crippen LogP contribution >= 0.6 is 0 Å². The van der Waals surface area contributed by atoms with Gasteiger partial charge in [-0.2, -0.15) is 4.98 Å². The zero-order valence-electron chi connectivity index (χ0n) is 17.5. The van der Waals surface area contributed by atoms with Gasteiger partial charge >= 0.3 is 12.3 Å². The number of methoxy groups -OCH3 is 1. The van der Waals surface area contributed by atoms with E-state index >= 15 is 0 Å². The van der Waals surface area contributed by atoms with Gasteiger partial charge < -0.3 is 25.2 Å². The Morgan fingerprint density at radius 3 is 2.52 bits per heavy atom. The van der Waals surface area contributed by atoms with Crippen molar-refractivity contribution in [1.82, 2.24) is 9.97 Å². The van der Waals surface area contributed by atoms with Crippen LogP contribution < -0.4 is 15.4 Å². The number of carbonyl (C=O) groups excluding carboxylic acids is 1. The van der Waals surface area contributed by atoms with E-state index in [0.717, 1.165) is 0 Å². The first-order valence-electron chi connectivity index (χ1n) is 9.83. The second kappa shape index (κ2) is 10.6. The maximum absolute atomic E-state index is 12.6. The number of alkyl halides is 3. The molecule has 33 heavy (non-hydrogen) atoms. The average Bonchev–Trinajstić information content (AvgIpc) is 2.78. The fraction of sp³-hybridized carbons (Fsp3) is 0.227. The summed E-state index contributed by atoms with van der Waals surface area (Å²) in [4.78, 5) is 20.3. The molecule has 0 atom stereocenters. The second-order valence-corrected chi connectivity index (χ2v) is 6.74. The molecular weight excluding hydrogens is 441 g/mol. The molecule has 0 fully saturated rings. The Kier molecular flexibility index (Phi) is 7.67. The van der Waals surface area contributed by atoms with Crippen molar-refractivity contribution in [1.29, 1.82) is 0 Å². The summed E-state index contributed by atoms with van der Waals surface area (Å²) in [5.41, 5.74) is 1.72. The van der Waals surface area contributed by atoms with Crippen LogP contribution in [-0.2, 0) is 4.74 Å². The van der Waals surface area contributed by atoms with Crippen molar-refractivity contribution in [2.24, 2.45) is 0 Å². The minimum Gasteiger partial charge on any atom is -0.465 e. The molecule has 0 aliphatic rings. The Hall–Kier alpha value is -3.86. The number of benzene rings is 2. The Bertz CT molecular complexity index is 1090. The van der Waals surface area contributed by atoms with Gasteiger partial charge in [0, 0.05) is 30.5 Å². The maximum Gasteiger partial charge on any atom is 0.573 e. The van der Waals surface area contributed by atoms with Gasteiger partial charge in [0.15, 0.2) is 0 Å². The van der Waals surface area contributed by atoms with Crippen LogP contribution in [0.25, 0.3) is 11.3 Å². The number of nitrogens with zero attached hydrogens (tertiary/aromatic N) is 2. The van der Waals surface area contributed by atoms with Gasteiger partial charge in [-0.15, -0.1) is 13.2 Å². The smallest absolute Gasteiger partial charge is 0.465 e. The first-order chi connectivity index (χ1) is 15.8. The SMILES string of the molecule is COC(=O)c1ccc(Nc2cc(-c3cccc(OC(F)(F)F)c3)nc(NCCCO)n2)cc1. The highest BCUT2D eigenvalue weighted by Gasteiger charge is 2.31. The monoisotopic (exact) mass is 462 g/mol. The highest BCUT2D eigenvalue weighted by molar-refractivity contribution is 5.89. The quantitative estimate of drug-likeness (QED) is 0.318. The molecule has 0 aliphatic heterocycles. The zero-order chi connectivity index (χ0) is 23.8. The number of anilines is 3. The van der Waals surface area contributed by atoms with Crippen molar-refractivity contribution in [2.75, 3.05) is 30.9 Å². The average molecular weight is 462 g/mol. The highest BCUT2D eigenvalue weighted by Crippen LogP contribution is 2.29. The third-order valence-electron chi connectivity index (χ3n) is 4.29. The Morgan fingerprint density at radius 1 is 1.09 bits per heavy atom. The first kappa shape index (κ1) is 23.8. The highest BCUT2D eigenvalue weighted by atomic mass is 19.4. The lowest BCUT2D eigenvalue weighted by Crippen LogP contribution is -2.17. The van der Waals surface area contributed by atoms with Gasteiger partial charge in [0.25, 0.3) is 0 Å². The van der Waals surface area contributed by atoms with E-state index in [2.05, 4.69) is 30.1 Å². The summed E-state index contributed by atoms with van der Waals surface area (Å²) < 4.78 is 46.5. The van der Waals surface area contributed by atoms with Gasteiger partial charge in [-0.05, 0) is 42.8 Å². The van der Waals surface area contributed by atoms with Crippen molar-refractivity contribution >= 4 is 23.4 Å². The molecule has 174 valence electrons. The molecule has 0 aliphatic carbocycles. The lowest BCUT2D eigenvalue weighted by atomic mass is 10.1. The number of aliphatic hydroxyl groups is 1. The number of esters is 1. The molecule has 0 saturated carbocycles. The van der Waals surface area contributed by atoms with E-state index in [4.69, 9.17) is 5.11 Å². The van der Waals surface area contributed by atoms with Crippen LogP contribution in [0.15, 0.2) is 54.6 Å². The van der Waals surface area contributed by atoms with E-state index < -0.39 is 12.3 Å². The van der Waals surface area contributed by atoms with Crippen molar-refractivity contribution < 1.29 is 32.5 Å². The molecule has 0 spiro atoms. The van der Waals surface area contributed by atoms with Crippen LogP contribution in [-0.4, -0.2) is 47.7 Å².